The van der Waals surface area contributed by atoms with Crippen LogP contribution in [0.3, 0.4) is 0 Å². The van der Waals surface area contributed by atoms with Crippen molar-refractivity contribution >= 4 is 11.8 Å². The van der Waals surface area contributed by atoms with Gasteiger partial charge in [0.2, 0.25) is 11.8 Å². The Morgan fingerprint density at radius 2 is 1.92 bits per heavy atom. The second kappa shape index (κ2) is 7.77. The Morgan fingerprint density at radius 1 is 1.17 bits per heavy atom. The molecule has 5 heteroatoms. The molecule has 0 aliphatic heterocycles. The zero-order valence-corrected chi connectivity index (χ0v) is 14.3. The van der Waals surface area contributed by atoms with Gasteiger partial charge in [-0.2, -0.15) is 0 Å². The summed E-state index contributed by atoms with van der Waals surface area (Å²) in [5.74, 6) is 1.49. The van der Waals surface area contributed by atoms with E-state index in [0.717, 1.165) is 50.8 Å². The van der Waals surface area contributed by atoms with Crippen LogP contribution in [0.1, 0.15) is 57.2 Å². The van der Waals surface area contributed by atoms with E-state index in [2.05, 4.69) is 15.6 Å². The van der Waals surface area contributed by atoms with Crippen molar-refractivity contribution in [2.24, 2.45) is 17.8 Å². The van der Waals surface area contributed by atoms with E-state index < -0.39 is 0 Å². The van der Waals surface area contributed by atoms with Gasteiger partial charge in [-0.05, 0) is 62.5 Å². The van der Waals surface area contributed by atoms with E-state index in [1.54, 1.807) is 13.1 Å². The van der Waals surface area contributed by atoms with Gasteiger partial charge in [0.05, 0.1) is 11.7 Å². The highest BCUT2D eigenvalue weighted by Crippen LogP contribution is 2.36. The molecule has 1 atom stereocenters. The SMILES string of the molecule is CC(=O)N[C@@H](c1ccccn1)C1CCC(CNC(=O)C2CC2)CC1. The quantitative estimate of drug-likeness (QED) is 0.843. The highest BCUT2D eigenvalue weighted by molar-refractivity contribution is 5.80. The number of nitrogens with zero attached hydrogens (tertiary/aromatic N) is 1. The lowest BCUT2D eigenvalue weighted by molar-refractivity contribution is -0.123. The third-order valence-corrected chi connectivity index (χ3v) is 5.24. The predicted molar refractivity (Wildman–Crippen MR) is 92.0 cm³/mol. The van der Waals surface area contributed by atoms with Gasteiger partial charge < -0.3 is 10.6 Å². The molecule has 0 unspecified atom stereocenters. The van der Waals surface area contributed by atoms with E-state index in [4.69, 9.17) is 0 Å². The zero-order chi connectivity index (χ0) is 16.9. The van der Waals surface area contributed by atoms with Crippen LogP contribution in [0.5, 0.6) is 0 Å². The molecular formula is C19H27N3O2. The predicted octanol–water partition coefficient (Wildman–Crippen LogP) is 2.59. The molecule has 1 aromatic heterocycles. The summed E-state index contributed by atoms with van der Waals surface area (Å²) in [4.78, 5) is 27.8. The molecule has 3 rings (SSSR count). The lowest BCUT2D eigenvalue weighted by Gasteiger charge is -2.34. The van der Waals surface area contributed by atoms with Crippen molar-refractivity contribution in [1.29, 1.82) is 0 Å². The second-order valence-electron chi connectivity index (χ2n) is 7.23. The molecule has 1 heterocycles. The summed E-state index contributed by atoms with van der Waals surface area (Å²) in [7, 11) is 0. The number of nitrogens with one attached hydrogen (secondary N) is 2. The van der Waals surface area contributed by atoms with E-state index in [1.165, 1.54) is 0 Å². The lowest BCUT2D eigenvalue weighted by Crippen LogP contribution is -2.36. The lowest BCUT2D eigenvalue weighted by atomic mass is 9.77. The average Bonchev–Trinajstić information content (AvgIpc) is 3.44. The van der Waals surface area contributed by atoms with Gasteiger partial charge in [0.25, 0.3) is 0 Å². The van der Waals surface area contributed by atoms with Crippen LogP contribution in [-0.4, -0.2) is 23.3 Å². The van der Waals surface area contributed by atoms with Gasteiger partial charge >= 0.3 is 0 Å². The second-order valence-corrected chi connectivity index (χ2v) is 7.23. The van der Waals surface area contributed by atoms with Gasteiger partial charge in [0.15, 0.2) is 0 Å². The van der Waals surface area contributed by atoms with Crippen LogP contribution in [-0.2, 0) is 9.59 Å². The summed E-state index contributed by atoms with van der Waals surface area (Å²) in [6.07, 6.45) is 8.21. The Labute approximate surface area is 143 Å². The minimum atomic E-state index is -0.00975. The summed E-state index contributed by atoms with van der Waals surface area (Å²) in [6, 6.07) is 5.85. The van der Waals surface area contributed by atoms with Gasteiger partial charge in [-0.1, -0.05) is 6.07 Å². The molecule has 2 aliphatic carbocycles. The molecule has 0 radical (unpaired) electrons. The van der Waals surface area contributed by atoms with Crippen molar-refractivity contribution in [2.75, 3.05) is 6.54 Å². The zero-order valence-electron chi connectivity index (χ0n) is 14.3. The maximum Gasteiger partial charge on any atom is 0.223 e. The standard InChI is InChI=1S/C19H27N3O2/c1-13(23)22-18(17-4-2-3-11-20-17)15-7-5-14(6-8-15)12-21-19(24)16-9-10-16/h2-4,11,14-16,18H,5-10,12H2,1H3,(H,21,24)(H,22,23)/t14?,15?,18-/m1/s1. The molecule has 2 saturated carbocycles. The number of carbonyl (C=O) groups is 2. The number of rotatable bonds is 6. The largest absolute Gasteiger partial charge is 0.356 e. The molecule has 130 valence electrons. The van der Waals surface area contributed by atoms with Gasteiger partial charge in [-0.3, -0.25) is 14.6 Å². The van der Waals surface area contributed by atoms with Crippen molar-refractivity contribution in [3.8, 4) is 0 Å². The van der Waals surface area contributed by atoms with Gasteiger partial charge in [-0.15, -0.1) is 0 Å². The van der Waals surface area contributed by atoms with Crippen LogP contribution >= 0.6 is 0 Å². The molecule has 24 heavy (non-hydrogen) atoms. The highest BCUT2D eigenvalue weighted by Gasteiger charge is 2.32. The van der Waals surface area contributed by atoms with E-state index in [-0.39, 0.29) is 23.8 Å². The van der Waals surface area contributed by atoms with Crippen molar-refractivity contribution in [2.45, 2.75) is 51.5 Å². The Balaban J connectivity index is 1.52. The molecule has 0 spiro atoms. The van der Waals surface area contributed by atoms with Gasteiger partial charge in [0.1, 0.15) is 0 Å². The molecule has 2 aliphatic rings. The van der Waals surface area contributed by atoms with Gasteiger partial charge in [0, 0.05) is 25.6 Å². The van der Waals surface area contributed by atoms with E-state index in [1.807, 2.05) is 18.2 Å². The Bertz CT molecular complexity index is 563. The first-order chi connectivity index (χ1) is 11.6. The van der Waals surface area contributed by atoms with Crippen molar-refractivity contribution in [3.63, 3.8) is 0 Å². The molecule has 2 amide bonds. The number of hydrogen-bond donors (Lipinski definition) is 2. The number of carbonyl (C=O) groups excluding carboxylic acids is 2. The summed E-state index contributed by atoms with van der Waals surface area (Å²) in [5.41, 5.74) is 0.943. The highest BCUT2D eigenvalue weighted by atomic mass is 16.2. The molecule has 0 aromatic carbocycles. The number of amides is 2. The molecular weight excluding hydrogens is 302 g/mol. The fourth-order valence-electron chi connectivity index (χ4n) is 3.67. The first kappa shape index (κ1) is 16.9. The van der Waals surface area contributed by atoms with E-state index in [9.17, 15) is 9.59 Å². The summed E-state index contributed by atoms with van der Waals surface area (Å²) in [5, 5.41) is 6.18. The minimum Gasteiger partial charge on any atom is -0.356 e. The molecule has 2 N–H and O–H groups in total. The summed E-state index contributed by atoms with van der Waals surface area (Å²) < 4.78 is 0. The van der Waals surface area contributed by atoms with Crippen LogP contribution in [0.4, 0.5) is 0 Å². The fraction of sp³-hybridized carbons (Fsp3) is 0.632. The van der Waals surface area contributed by atoms with Crippen LogP contribution < -0.4 is 10.6 Å². The van der Waals surface area contributed by atoms with Crippen LogP contribution in [0, 0.1) is 17.8 Å². The van der Waals surface area contributed by atoms with Crippen molar-refractivity contribution < 1.29 is 9.59 Å². The smallest absolute Gasteiger partial charge is 0.223 e. The monoisotopic (exact) mass is 329 g/mol. The third kappa shape index (κ3) is 4.56. The van der Waals surface area contributed by atoms with Gasteiger partial charge in [-0.25, -0.2) is 0 Å². The summed E-state index contributed by atoms with van der Waals surface area (Å²) >= 11 is 0. The molecule has 5 nitrogen and oxygen atoms in total. The van der Waals surface area contributed by atoms with Crippen molar-refractivity contribution in [1.82, 2.24) is 15.6 Å². The Hall–Kier alpha value is -1.91. The minimum absolute atomic E-state index is 0.00861. The number of hydrogen-bond acceptors (Lipinski definition) is 3. The van der Waals surface area contributed by atoms with Crippen LogP contribution in [0.25, 0.3) is 0 Å². The number of aromatic nitrogens is 1. The topological polar surface area (TPSA) is 71.1 Å². The Kier molecular flexibility index (Phi) is 5.48. The Morgan fingerprint density at radius 3 is 2.50 bits per heavy atom. The van der Waals surface area contributed by atoms with Crippen molar-refractivity contribution in [3.05, 3.63) is 30.1 Å². The van der Waals surface area contributed by atoms with Crippen LogP contribution in [0.2, 0.25) is 0 Å². The fourth-order valence-corrected chi connectivity index (χ4v) is 3.67. The average molecular weight is 329 g/mol. The summed E-state index contributed by atoms with van der Waals surface area (Å²) in [6.45, 7) is 2.37. The maximum atomic E-state index is 11.8. The first-order valence-corrected chi connectivity index (χ1v) is 9.09. The third-order valence-electron chi connectivity index (χ3n) is 5.24. The molecule has 0 saturated heterocycles. The molecule has 2 fully saturated rings. The molecule has 1 aromatic rings. The normalized spacial score (nSPS) is 24.9. The van der Waals surface area contributed by atoms with E-state index in [0.29, 0.717) is 11.8 Å². The number of pyridine rings is 1. The van der Waals surface area contributed by atoms with E-state index >= 15 is 0 Å². The maximum absolute atomic E-state index is 11.8. The molecule has 0 bridgehead atoms. The van der Waals surface area contributed by atoms with Crippen LogP contribution in [0.15, 0.2) is 24.4 Å². The first-order valence-electron chi connectivity index (χ1n) is 9.09.